The summed E-state index contributed by atoms with van der Waals surface area (Å²) in [6.07, 6.45) is 3.78. The fourth-order valence-electron chi connectivity index (χ4n) is 3.52. The van der Waals surface area contributed by atoms with E-state index in [-0.39, 0.29) is 22.4 Å². The second-order valence-electron chi connectivity index (χ2n) is 7.08. The number of methoxy groups -OCH3 is 1. The Balaban J connectivity index is 1.72. The molecule has 2 heterocycles. The van der Waals surface area contributed by atoms with Crippen LogP contribution < -0.4 is 4.74 Å². The molecule has 7 nitrogen and oxygen atoms in total. The molecule has 0 saturated carbocycles. The molecule has 1 aromatic heterocycles. The SMILES string of the molecule is COc1ccc(-c2nnc(-c3ccccc3Cl)o2)cc1S(=O)(=O)N1CCCCCC1. The first-order valence-electron chi connectivity index (χ1n) is 9.77. The molecule has 1 fully saturated rings. The van der Waals surface area contributed by atoms with Crippen LogP contribution in [0.2, 0.25) is 5.02 Å². The summed E-state index contributed by atoms with van der Waals surface area (Å²) < 4.78 is 39.3. The number of ether oxygens (including phenoxy) is 1. The monoisotopic (exact) mass is 447 g/mol. The summed E-state index contributed by atoms with van der Waals surface area (Å²) in [5.74, 6) is 0.761. The van der Waals surface area contributed by atoms with E-state index in [1.807, 2.05) is 12.1 Å². The van der Waals surface area contributed by atoms with Gasteiger partial charge in [-0.2, -0.15) is 4.31 Å². The van der Waals surface area contributed by atoms with Gasteiger partial charge < -0.3 is 9.15 Å². The highest BCUT2D eigenvalue weighted by atomic mass is 35.5. The summed E-state index contributed by atoms with van der Waals surface area (Å²) in [6.45, 7) is 1.01. The predicted octanol–water partition coefficient (Wildman–Crippen LogP) is 4.63. The van der Waals surface area contributed by atoms with Gasteiger partial charge in [-0.1, -0.05) is 36.6 Å². The highest BCUT2D eigenvalue weighted by Crippen LogP contribution is 2.34. The molecule has 0 atom stereocenters. The third-order valence-electron chi connectivity index (χ3n) is 5.12. The van der Waals surface area contributed by atoms with Crippen LogP contribution in [0.3, 0.4) is 0 Å². The van der Waals surface area contributed by atoms with E-state index in [4.69, 9.17) is 20.8 Å². The lowest BCUT2D eigenvalue weighted by Gasteiger charge is -2.21. The summed E-state index contributed by atoms with van der Waals surface area (Å²) in [7, 11) is -2.26. The Morgan fingerprint density at radius 2 is 1.70 bits per heavy atom. The molecule has 4 rings (SSSR count). The third kappa shape index (κ3) is 4.08. The molecule has 1 saturated heterocycles. The summed E-state index contributed by atoms with van der Waals surface area (Å²) in [5, 5.41) is 8.65. The molecule has 158 valence electrons. The first kappa shape index (κ1) is 20.8. The summed E-state index contributed by atoms with van der Waals surface area (Å²) >= 11 is 6.21. The van der Waals surface area contributed by atoms with Crippen molar-refractivity contribution >= 4 is 21.6 Å². The molecule has 0 unspecified atom stereocenters. The third-order valence-corrected chi connectivity index (χ3v) is 7.37. The Morgan fingerprint density at radius 1 is 1.00 bits per heavy atom. The van der Waals surface area contributed by atoms with Crippen LogP contribution in [-0.2, 0) is 10.0 Å². The maximum absolute atomic E-state index is 13.3. The van der Waals surface area contributed by atoms with E-state index in [1.54, 1.807) is 24.3 Å². The standard InChI is InChI=1S/C21H22ClN3O4S/c1-28-18-11-10-15(14-19(18)30(26,27)25-12-6-2-3-7-13-25)20-23-24-21(29-20)16-8-4-5-9-17(16)22/h4-5,8-11,14H,2-3,6-7,12-13H2,1H3. The lowest BCUT2D eigenvalue weighted by molar-refractivity contribution is 0.391. The minimum atomic E-state index is -3.71. The van der Waals surface area contributed by atoms with Crippen molar-refractivity contribution in [2.75, 3.05) is 20.2 Å². The van der Waals surface area contributed by atoms with Crippen molar-refractivity contribution in [1.82, 2.24) is 14.5 Å². The van der Waals surface area contributed by atoms with Gasteiger partial charge in [-0.3, -0.25) is 0 Å². The molecule has 0 bridgehead atoms. The predicted molar refractivity (Wildman–Crippen MR) is 114 cm³/mol. The second kappa shape index (κ2) is 8.75. The van der Waals surface area contributed by atoms with Crippen LogP contribution in [0.1, 0.15) is 25.7 Å². The van der Waals surface area contributed by atoms with Crippen molar-refractivity contribution in [2.45, 2.75) is 30.6 Å². The number of hydrogen-bond donors (Lipinski definition) is 0. The largest absolute Gasteiger partial charge is 0.495 e. The fraction of sp³-hybridized carbons (Fsp3) is 0.333. The topological polar surface area (TPSA) is 85.5 Å². The maximum Gasteiger partial charge on any atom is 0.249 e. The minimum absolute atomic E-state index is 0.0990. The van der Waals surface area contributed by atoms with Crippen molar-refractivity contribution in [3.63, 3.8) is 0 Å². The summed E-state index contributed by atoms with van der Waals surface area (Å²) in [4.78, 5) is 0.0990. The van der Waals surface area contributed by atoms with E-state index < -0.39 is 10.0 Å². The molecule has 9 heteroatoms. The van der Waals surface area contributed by atoms with Crippen molar-refractivity contribution in [3.05, 3.63) is 47.5 Å². The van der Waals surface area contributed by atoms with E-state index in [9.17, 15) is 8.42 Å². The number of sulfonamides is 1. The Labute approximate surface area is 180 Å². The first-order chi connectivity index (χ1) is 14.5. The lowest BCUT2D eigenvalue weighted by Crippen LogP contribution is -2.32. The molecule has 1 aliphatic rings. The van der Waals surface area contributed by atoms with Crippen LogP contribution in [0, 0.1) is 0 Å². The quantitative estimate of drug-likeness (QED) is 0.566. The number of benzene rings is 2. The number of nitrogens with zero attached hydrogens (tertiary/aromatic N) is 3. The first-order valence-corrected chi connectivity index (χ1v) is 11.6. The molecule has 0 N–H and O–H groups in total. The van der Waals surface area contributed by atoms with Crippen LogP contribution >= 0.6 is 11.6 Å². The minimum Gasteiger partial charge on any atom is -0.495 e. The number of aromatic nitrogens is 2. The zero-order chi connectivity index (χ0) is 21.1. The molecule has 1 aliphatic heterocycles. The molecule has 2 aromatic carbocycles. The average molecular weight is 448 g/mol. The van der Waals surface area contributed by atoms with Crippen molar-refractivity contribution in [1.29, 1.82) is 0 Å². The van der Waals surface area contributed by atoms with Crippen molar-refractivity contribution < 1.29 is 17.6 Å². The number of halogens is 1. The number of hydrogen-bond acceptors (Lipinski definition) is 6. The van der Waals surface area contributed by atoms with E-state index in [2.05, 4.69) is 10.2 Å². The van der Waals surface area contributed by atoms with E-state index in [0.717, 1.165) is 25.7 Å². The molecule has 30 heavy (non-hydrogen) atoms. The number of rotatable bonds is 5. The Hall–Kier alpha value is -2.42. The van der Waals surface area contributed by atoms with Gasteiger partial charge in [0.25, 0.3) is 0 Å². The Kier molecular flexibility index (Phi) is 6.08. The van der Waals surface area contributed by atoms with Crippen LogP contribution in [-0.4, -0.2) is 43.1 Å². The molecular formula is C21H22ClN3O4S. The van der Waals surface area contributed by atoms with Gasteiger partial charge in [0.2, 0.25) is 21.8 Å². The molecular weight excluding hydrogens is 426 g/mol. The Bertz CT molecular complexity index is 1140. The zero-order valence-corrected chi connectivity index (χ0v) is 18.1. The van der Waals surface area contributed by atoms with Crippen molar-refractivity contribution in [2.24, 2.45) is 0 Å². The van der Waals surface area contributed by atoms with Gasteiger partial charge >= 0.3 is 0 Å². The zero-order valence-electron chi connectivity index (χ0n) is 16.5. The van der Waals surface area contributed by atoms with Gasteiger partial charge in [0.1, 0.15) is 10.6 Å². The normalized spacial score (nSPS) is 15.7. The van der Waals surface area contributed by atoms with E-state index >= 15 is 0 Å². The van der Waals surface area contributed by atoms with Crippen LogP contribution in [0.25, 0.3) is 22.9 Å². The van der Waals surface area contributed by atoms with Gasteiger partial charge in [-0.15, -0.1) is 10.2 Å². The highest BCUT2D eigenvalue weighted by Gasteiger charge is 2.29. The summed E-state index contributed by atoms with van der Waals surface area (Å²) in [6, 6.07) is 12.0. The van der Waals surface area contributed by atoms with Gasteiger partial charge in [-0.25, -0.2) is 8.42 Å². The molecule has 0 radical (unpaired) electrons. The van der Waals surface area contributed by atoms with E-state index in [0.29, 0.717) is 29.2 Å². The molecule has 0 spiro atoms. The smallest absolute Gasteiger partial charge is 0.249 e. The van der Waals surface area contributed by atoms with Crippen LogP contribution in [0.15, 0.2) is 51.8 Å². The lowest BCUT2D eigenvalue weighted by atomic mass is 10.2. The van der Waals surface area contributed by atoms with Crippen LogP contribution in [0.4, 0.5) is 0 Å². The molecule has 0 aliphatic carbocycles. The van der Waals surface area contributed by atoms with Crippen molar-refractivity contribution in [3.8, 4) is 28.7 Å². The van der Waals surface area contributed by atoms with Gasteiger partial charge in [0, 0.05) is 18.7 Å². The Morgan fingerprint density at radius 3 is 2.40 bits per heavy atom. The van der Waals surface area contributed by atoms with Crippen LogP contribution in [0.5, 0.6) is 5.75 Å². The molecule has 3 aromatic rings. The van der Waals surface area contributed by atoms with Gasteiger partial charge in [0.05, 0.1) is 17.7 Å². The van der Waals surface area contributed by atoms with E-state index in [1.165, 1.54) is 17.5 Å². The maximum atomic E-state index is 13.3. The highest BCUT2D eigenvalue weighted by molar-refractivity contribution is 7.89. The van der Waals surface area contributed by atoms with Gasteiger partial charge in [0.15, 0.2) is 0 Å². The van der Waals surface area contributed by atoms with Gasteiger partial charge in [-0.05, 0) is 43.2 Å². The summed E-state index contributed by atoms with van der Waals surface area (Å²) in [5.41, 5.74) is 1.11. The fourth-order valence-corrected chi connectivity index (χ4v) is 5.43. The average Bonchev–Trinajstić information content (AvgIpc) is 3.07. The second-order valence-corrected chi connectivity index (χ2v) is 9.39. The molecule has 0 amide bonds.